The van der Waals surface area contributed by atoms with E-state index in [1.807, 2.05) is 0 Å². The van der Waals surface area contributed by atoms with Crippen LogP contribution in [0.3, 0.4) is 0 Å². The number of carbonyl (C=O) groups excluding carboxylic acids is 1. The van der Waals surface area contributed by atoms with E-state index >= 15 is 0 Å². The number of nitrogens with zero attached hydrogens (tertiary/aromatic N) is 5. The molecule has 0 atom stereocenters. The number of nitrogens with two attached hydrogens (primary N) is 1. The highest BCUT2D eigenvalue weighted by Crippen LogP contribution is 2.36. The molecule has 0 radical (unpaired) electrons. The van der Waals surface area contributed by atoms with E-state index in [2.05, 4.69) is 10.1 Å². The van der Waals surface area contributed by atoms with Gasteiger partial charge in [-0.1, -0.05) is 0 Å². The predicted octanol–water partition coefficient (Wildman–Crippen LogP) is 2.82. The molecule has 3 aromatic rings. The number of hydrogen-bond acceptors (Lipinski definition) is 5. The Hall–Kier alpha value is -4.41. The van der Waals surface area contributed by atoms with Gasteiger partial charge in [-0.25, -0.2) is 4.79 Å². The second kappa shape index (κ2) is 8.26. The quantitative estimate of drug-likeness (QED) is 0.467. The third kappa shape index (κ3) is 4.92. The number of carbonyl (C=O) groups is 1. The summed E-state index contributed by atoms with van der Waals surface area (Å²) in [6.07, 6.45) is -6.27. The first kappa shape index (κ1) is 23.3. The molecule has 0 spiro atoms. The lowest BCUT2D eigenvalue weighted by molar-refractivity contribution is -0.143. The Bertz CT molecular complexity index is 1330. The Balaban J connectivity index is 2.16. The zero-order chi connectivity index (χ0) is 24.6. The highest BCUT2D eigenvalue weighted by molar-refractivity contribution is 6.22. The van der Waals surface area contributed by atoms with Gasteiger partial charge >= 0.3 is 18.0 Å². The summed E-state index contributed by atoms with van der Waals surface area (Å²) in [7, 11) is 0. The lowest BCUT2D eigenvalue weighted by Gasteiger charge is -2.13. The van der Waals surface area contributed by atoms with Crippen molar-refractivity contribution in [2.24, 2.45) is 5.73 Å². The molecule has 8 nitrogen and oxygen atoms in total. The molecular formula is C19H10F6N6O2. The average Bonchev–Trinajstić information content (AvgIpc) is 3.10. The molecule has 0 saturated carbocycles. The first-order valence-electron chi connectivity index (χ1n) is 8.64. The van der Waals surface area contributed by atoms with Crippen molar-refractivity contribution < 1.29 is 31.1 Å². The molecule has 2 N–H and O–H groups in total. The molecule has 33 heavy (non-hydrogen) atoms. The Morgan fingerprint density at radius 3 is 2.15 bits per heavy atom. The first-order chi connectivity index (χ1) is 15.3. The van der Waals surface area contributed by atoms with Crippen molar-refractivity contribution in [2.75, 3.05) is 0 Å². The highest BCUT2D eigenvalue weighted by atomic mass is 19.4. The summed E-state index contributed by atoms with van der Waals surface area (Å²) in [5.41, 5.74) is -0.181. The third-order valence-electron chi connectivity index (χ3n) is 4.22. The summed E-state index contributed by atoms with van der Waals surface area (Å²) in [5.74, 6) is -1.05. The molecule has 0 fully saturated rings. The molecule has 170 valence electrons. The zero-order valence-electron chi connectivity index (χ0n) is 16.0. The summed E-state index contributed by atoms with van der Waals surface area (Å²) >= 11 is 0. The van der Waals surface area contributed by atoms with Crippen molar-refractivity contribution in [3.05, 3.63) is 75.7 Å². The number of aromatic nitrogens is 4. The van der Waals surface area contributed by atoms with Crippen molar-refractivity contribution in [2.45, 2.75) is 12.4 Å². The first-order valence-corrected chi connectivity index (χ1v) is 8.64. The van der Waals surface area contributed by atoms with Crippen LogP contribution in [0.5, 0.6) is 0 Å². The maximum absolute atomic E-state index is 13.1. The summed E-state index contributed by atoms with van der Waals surface area (Å²) in [6.45, 7) is 0. The largest absolute Gasteiger partial charge is 0.416 e. The van der Waals surface area contributed by atoms with E-state index in [0.717, 1.165) is 18.7 Å². The molecule has 0 saturated heterocycles. The minimum atomic E-state index is -5.13. The SMILES string of the molecule is N#Cc1cncc(/C(=C\n2cnn(-c3cc(C(F)(F)F)cc(C(F)(F)F)c3)c2=O)C(N)=O)c1. The van der Waals surface area contributed by atoms with E-state index in [1.54, 1.807) is 6.07 Å². The Labute approximate surface area is 179 Å². The minimum Gasteiger partial charge on any atom is -0.366 e. The van der Waals surface area contributed by atoms with Gasteiger partial charge in [0, 0.05) is 24.2 Å². The standard InChI is InChI=1S/C19H10F6N6O2/c20-18(21,22)12-2-13(19(23,24)25)4-14(3-12)31-17(33)30(9-29-31)8-15(16(27)32)11-1-10(5-26)6-28-7-11/h1-4,6-9H,(H2,27,32)/b15-8+. The lowest BCUT2D eigenvalue weighted by atomic mass is 10.1. The number of halogens is 6. The second-order valence-corrected chi connectivity index (χ2v) is 6.48. The fraction of sp³-hybridized carbons (Fsp3) is 0.105. The van der Waals surface area contributed by atoms with Gasteiger partial charge in [0.15, 0.2) is 0 Å². The second-order valence-electron chi connectivity index (χ2n) is 6.48. The number of rotatable bonds is 4. The molecule has 0 aliphatic carbocycles. The van der Waals surface area contributed by atoms with Gasteiger partial charge in [0.2, 0.25) is 0 Å². The summed E-state index contributed by atoms with van der Waals surface area (Å²) in [5, 5.41) is 12.5. The molecule has 1 aromatic carbocycles. The number of alkyl halides is 6. The maximum atomic E-state index is 13.1. The third-order valence-corrected chi connectivity index (χ3v) is 4.22. The van der Waals surface area contributed by atoms with Crippen molar-refractivity contribution >= 4 is 17.7 Å². The van der Waals surface area contributed by atoms with Gasteiger partial charge in [-0.2, -0.15) is 41.4 Å². The van der Waals surface area contributed by atoms with E-state index in [4.69, 9.17) is 11.0 Å². The monoisotopic (exact) mass is 468 g/mol. The molecule has 2 heterocycles. The smallest absolute Gasteiger partial charge is 0.366 e. The van der Waals surface area contributed by atoms with Crippen LogP contribution in [0.25, 0.3) is 17.5 Å². The van der Waals surface area contributed by atoms with Crippen LogP contribution in [0, 0.1) is 11.3 Å². The van der Waals surface area contributed by atoms with E-state index in [9.17, 15) is 35.9 Å². The van der Waals surface area contributed by atoms with Gasteiger partial charge in [-0.05, 0) is 24.3 Å². The van der Waals surface area contributed by atoms with Crippen LogP contribution in [-0.4, -0.2) is 25.2 Å². The van der Waals surface area contributed by atoms with Crippen LogP contribution in [0.4, 0.5) is 26.3 Å². The molecule has 0 bridgehead atoms. The zero-order valence-corrected chi connectivity index (χ0v) is 16.0. The van der Waals surface area contributed by atoms with Crippen LogP contribution < -0.4 is 11.4 Å². The topological polar surface area (TPSA) is 120 Å². The number of primary amides is 1. The molecule has 0 aliphatic heterocycles. The summed E-state index contributed by atoms with van der Waals surface area (Å²) < 4.78 is 79.5. The van der Waals surface area contributed by atoms with E-state index in [0.29, 0.717) is 21.4 Å². The molecular weight excluding hydrogens is 458 g/mol. The van der Waals surface area contributed by atoms with Crippen molar-refractivity contribution in [3.63, 3.8) is 0 Å². The number of amides is 1. The van der Waals surface area contributed by atoms with E-state index in [-0.39, 0.29) is 22.8 Å². The van der Waals surface area contributed by atoms with Crippen molar-refractivity contribution in [3.8, 4) is 11.8 Å². The molecule has 2 aromatic heterocycles. The Morgan fingerprint density at radius 1 is 1.03 bits per heavy atom. The van der Waals surface area contributed by atoms with Gasteiger partial charge in [0.25, 0.3) is 5.91 Å². The summed E-state index contributed by atoms with van der Waals surface area (Å²) in [6, 6.07) is 3.59. The van der Waals surface area contributed by atoms with Crippen LogP contribution in [0.15, 0.2) is 47.8 Å². The van der Waals surface area contributed by atoms with Crippen LogP contribution >= 0.6 is 0 Å². The molecule has 14 heteroatoms. The van der Waals surface area contributed by atoms with Crippen LogP contribution in [-0.2, 0) is 17.1 Å². The highest BCUT2D eigenvalue weighted by Gasteiger charge is 2.37. The normalized spacial score (nSPS) is 12.5. The van der Waals surface area contributed by atoms with Crippen LogP contribution in [0.1, 0.15) is 22.3 Å². The fourth-order valence-electron chi connectivity index (χ4n) is 2.71. The van der Waals surface area contributed by atoms with E-state index < -0.39 is 40.8 Å². The lowest BCUT2D eigenvalue weighted by Crippen LogP contribution is -2.23. The number of hydrogen-bond donors (Lipinski definition) is 1. The number of pyridine rings is 1. The average molecular weight is 468 g/mol. The Kier molecular flexibility index (Phi) is 5.82. The molecule has 3 rings (SSSR count). The molecule has 0 unspecified atom stereocenters. The van der Waals surface area contributed by atoms with Gasteiger partial charge < -0.3 is 5.73 Å². The van der Waals surface area contributed by atoms with Gasteiger partial charge in [-0.3, -0.25) is 14.3 Å². The maximum Gasteiger partial charge on any atom is 0.416 e. The van der Waals surface area contributed by atoms with Crippen molar-refractivity contribution in [1.82, 2.24) is 19.3 Å². The van der Waals surface area contributed by atoms with Crippen LogP contribution in [0.2, 0.25) is 0 Å². The van der Waals surface area contributed by atoms with E-state index in [1.165, 1.54) is 12.3 Å². The molecule has 0 aliphatic rings. The van der Waals surface area contributed by atoms with Gasteiger partial charge in [0.05, 0.1) is 28.0 Å². The Morgan fingerprint density at radius 2 is 1.64 bits per heavy atom. The van der Waals surface area contributed by atoms with Gasteiger partial charge in [0.1, 0.15) is 12.4 Å². The number of benzene rings is 1. The molecule has 1 amide bonds. The fourth-order valence-corrected chi connectivity index (χ4v) is 2.71. The van der Waals surface area contributed by atoms with Crippen molar-refractivity contribution in [1.29, 1.82) is 5.26 Å². The number of nitriles is 1. The van der Waals surface area contributed by atoms with Gasteiger partial charge in [-0.15, -0.1) is 0 Å². The minimum absolute atomic E-state index is 0.0413. The summed E-state index contributed by atoms with van der Waals surface area (Å²) in [4.78, 5) is 28.2. The predicted molar refractivity (Wildman–Crippen MR) is 100 cm³/mol.